The number of benzene rings is 2. The van der Waals surface area contributed by atoms with Gasteiger partial charge >= 0.3 is 5.97 Å². The third-order valence-electron chi connectivity index (χ3n) is 4.78. The number of hydrogen-bond donors (Lipinski definition) is 1. The summed E-state index contributed by atoms with van der Waals surface area (Å²) in [5.74, 6) is -1.15. The van der Waals surface area contributed by atoms with E-state index >= 15 is 0 Å². The molecule has 32 heavy (non-hydrogen) atoms. The fraction of sp³-hybridized carbons (Fsp3) is 0.333. The standard InChI is InChI=1S/C21H23ClN2O7S/c1-14-3-5-16(12-19(14)32(27,28)24-7-9-30-10-8-24)23-20(25)13-31-21(26)17-11-15(22)4-6-18(17)29-2/h3-6,11-12H,7-10,13H2,1-2H3,(H,23,25). The average Bonchev–Trinajstić information content (AvgIpc) is 2.79. The van der Waals surface area contributed by atoms with Gasteiger partial charge in [-0.15, -0.1) is 0 Å². The maximum Gasteiger partial charge on any atom is 0.342 e. The van der Waals surface area contributed by atoms with Crippen LogP contribution in [0, 0.1) is 6.92 Å². The Kier molecular flexibility index (Phi) is 7.73. The number of morpholine rings is 1. The summed E-state index contributed by atoms with van der Waals surface area (Å²) in [7, 11) is -2.34. The molecule has 0 saturated carbocycles. The van der Waals surface area contributed by atoms with Crippen LogP contribution in [0.25, 0.3) is 0 Å². The lowest BCUT2D eigenvalue weighted by molar-refractivity contribution is -0.119. The van der Waals surface area contributed by atoms with Crippen molar-refractivity contribution in [3.05, 3.63) is 52.5 Å². The molecule has 9 nitrogen and oxygen atoms in total. The lowest BCUT2D eigenvalue weighted by Gasteiger charge is -2.26. The van der Waals surface area contributed by atoms with Crippen molar-refractivity contribution in [3.63, 3.8) is 0 Å². The number of hydrogen-bond acceptors (Lipinski definition) is 7. The summed E-state index contributed by atoms with van der Waals surface area (Å²) in [6.45, 7) is 2.30. The number of amides is 1. The minimum Gasteiger partial charge on any atom is -0.496 e. The van der Waals surface area contributed by atoms with Gasteiger partial charge in [0.15, 0.2) is 6.61 Å². The van der Waals surface area contributed by atoms with E-state index in [9.17, 15) is 18.0 Å². The van der Waals surface area contributed by atoms with Gasteiger partial charge in [0.2, 0.25) is 10.0 Å². The van der Waals surface area contributed by atoms with Crippen LogP contribution in [-0.2, 0) is 24.3 Å². The van der Waals surface area contributed by atoms with Crippen LogP contribution in [-0.4, -0.2) is 64.6 Å². The minimum absolute atomic E-state index is 0.0852. The number of sulfonamides is 1. The van der Waals surface area contributed by atoms with E-state index in [1.165, 1.54) is 29.6 Å². The highest BCUT2D eigenvalue weighted by molar-refractivity contribution is 7.89. The molecule has 2 aromatic carbocycles. The molecule has 0 radical (unpaired) electrons. The van der Waals surface area contributed by atoms with E-state index in [0.29, 0.717) is 23.8 Å². The normalized spacial score (nSPS) is 14.6. The summed E-state index contributed by atoms with van der Waals surface area (Å²) in [5, 5.41) is 2.87. The second kappa shape index (κ2) is 10.3. The Hall–Kier alpha value is -2.66. The summed E-state index contributed by atoms with van der Waals surface area (Å²) in [5.41, 5.74) is 0.903. The number of carbonyl (C=O) groups excluding carboxylic acids is 2. The van der Waals surface area contributed by atoms with Gasteiger partial charge in [0, 0.05) is 23.8 Å². The van der Waals surface area contributed by atoms with Gasteiger partial charge < -0.3 is 19.5 Å². The van der Waals surface area contributed by atoms with Crippen molar-refractivity contribution < 1.29 is 32.2 Å². The quantitative estimate of drug-likeness (QED) is 0.603. The number of anilines is 1. The van der Waals surface area contributed by atoms with E-state index in [2.05, 4.69) is 5.32 Å². The smallest absolute Gasteiger partial charge is 0.342 e. The Morgan fingerprint density at radius 2 is 1.88 bits per heavy atom. The molecule has 0 atom stereocenters. The number of rotatable bonds is 7. The predicted molar refractivity (Wildman–Crippen MR) is 118 cm³/mol. The Balaban J connectivity index is 1.67. The highest BCUT2D eigenvalue weighted by Gasteiger charge is 2.28. The molecule has 2 aromatic rings. The number of carbonyl (C=O) groups is 2. The monoisotopic (exact) mass is 482 g/mol. The van der Waals surface area contributed by atoms with Crippen LogP contribution < -0.4 is 10.1 Å². The molecule has 0 unspecified atom stereocenters. The van der Waals surface area contributed by atoms with Crippen molar-refractivity contribution in [1.29, 1.82) is 0 Å². The molecule has 0 spiro atoms. The molecule has 1 fully saturated rings. The number of nitrogens with one attached hydrogen (secondary N) is 1. The largest absolute Gasteiger partial charge is 0.496 e. The molecule has 0 aliphatic carbocycles. The molecular formula is C21H23ClN2O7S. The molecule has 11 heteroatoms. The third kappa shape index (κ3) is 5.57. The van der Waals surface area contributed by atoms with E-state index in [1.54, 1.807) is 25.1 Å². The first-order valence-corrected chi connectivity index (χ1v) is 11.5. The molecule has 1 saturated heterocycles. The zero-order valence-corrected chi connectivity index (χ0v) is 19.2. The molecular weight excluding hydrogens is 460 g/mol. The van der Waals surface area contributed by atoms with Crippen LogP contribution in [0.2, 0.25) is 5.02 Å². The number of nitrogens with zero attached hydrogens (tertiary/aromatic N) is 1. The van der Waals surface area contributed by atoms with Crippen LogP contribution >= 0.6 is 11.6 Å². The van der Waals surface area contributed by atoms with Crippen LogP contribution in [0.5, 0.6) is 5.75 Å². The zero-order valence-electron chi connectivity index (χ0n) is 17.6. The number of ether oxygens (including phenoxy) is 3. The van der Waals surface area contributed by atoms with Gasteiger partial charge in [0.25, 0.3) is 5.91 Å². The topological polar surface area (TPSA) is 111 Å². The van der Waals surface area contributed by atoms with Crippen molar-refractivity contribution in [2.45, 2.75) is 11.8 Å². The van der Waals surface area contributed by atoms with Gasteiger partial charge in [-0.05, 0) is 42.8 Å². The van der Waals surface area contributed by atoms with Crippen molar-refractivity contribution in [2.75, 3.05) is 45.3 Å². The Labute approximate surface area is 191 Å². The third-order valence-corrected chi connectivity index (χ3v) is 7.05. The summed E-state index contributed by atoms with van der Waals surface area (Å²) in [6, 6.07) is 9.02. The van der Waals surface area contributed by atoms with Crippen molar-refractivity contribution in [2.24, 2.45) is 0 Å². The SMILES string of the molecule is COc1ccc(Cl)cc1C(=O)OCC(=O)Nc1ccc(C)c(S(=O)(=O)N2CCOCC2)c1. The Bertz CT molecular complexity index is 1120. The first-order valence-electron chi connectivity index (χ1n) is 9.71. The Morgan fingerprint density at radius 3 is 2.56 bits per heavy atom. The van der Waals surface area contributed by atoms with Gasteiger partial charge in [0.1, 0.15) is 11.3 Å². The minimum atomic E-state index is -3.73. The maximum absolute atomic E-state index is 13.0. The summed E-state index contributed by atoms with van der Waals surface area (Å²) < 4.78 is 42.7. The van der Waals surface area contributed by atoms with E-state index in [0.717, 1.165) is 0 Å². The summed E-state index contributed by atoms with van der Waals surface area (Å²) in [6.07, 6.45) is 0. The van der Waals surface area contributed by atoms with Gasteiger partial charge in [-0.1, -0.05) is 17.7 Å². The van der Waals surface area contributed by atoms with Crippen LogP contribution in [0.4, 0.5) is 5.69 Å². The van der Waals surface area contributed by atoms with Crippen molar-refractivity contribution in [1.82, 2.24) is 4.31 Å². The van der Waals surface area contributed by atoms with Crippen LogP contribution in [0.15, 0.2) is 41.3 Å². The molecule has 1 N–H and O–H groups in total. The fourth-order valence-electron chi connectivity index (χ4n) is 3.13. The number of esters is 1. The first kappa shape index (κ1) is 24.0. The molecule has 1 heterocycles. The van der Waals surface area contributed by atoms with Crippen molar-refractivity contribution >= 4 is 39.2 Å². The highest BCUT2D eigenvalue weighted by Crippen LogP contribution is 2.25. The molecule has 1 aliphatic rings. The molecule has 0 bridgehead atoms. The zero-order chi connectivity index (χ0) is 23.3. The van der Waals surface area contributed by atoms with E-state index in [1.807, 2.05) is 0 Å². The van der Waals surface area contributed by atoms with Gasteiger partial charge in [-0.2, -0.15) is 4.31 Å². The molecule has 1 aliphatic heterocycles. The second-order valence-electron chi connectivity index (χ2n) is 6.97. The average molecular weight is 483 g/mol. The van der Waals surface area contributed by atoms with E-state index < -0.39 is 28.5 Å². The molecule has 172 valence electrons. The molecule has 0 aromatic heterocycles. The summed E-state index contributed by atoms with van der Waals surface area (Å²) in [4.78, 5) is 24.7. The number of aryl methyl sites for hydroxylation is 1. The summed E-state index contributed by atoms with van der Waals surface area (Å²) >= 11 is 5.91. The molecule has 1 amide bonds. The van der Waals surface area contributed by atoms with Crippen LogP contribution in [0.3, 0.4) is 0 Å². The maximum atomic E-state index is 13.0. The van der Waals surface area contributed by atoms with Crippen molar-refractivity contribution in [3.8, 4) is 5.75 Å². The fourth-order valence-corrected chi connectivity index (χ4v) is 4.96. The van der Waals surface area contributed by atoms with E-state index in [-0.39, 0.29) is 35.0 Å². The van der Waals surface area contributed by atoms with Crippen LogP contribution in [0.1, 0.15) is 15.9 Å². The van der Waals surface area contributed by atoms with Gasteiger partial charge in [0.05, 0.1) is 25.2 Å². The Morgan fingerprint density at radius 1 is 1.16 bits per heavy atom. The van der Waals surface area contributed by atoms with E-state index in [4.69, 9.17) is 25.8 Å². The highest BCUT2D eigenvalue weighted by atomic mass is 35.5. The predicted octanol–water partition coefficient (Wildman–Crippen LogP) is 2.47. The second-order valence-corrected chi connectivity index (χ2v) is 9.31. The van der Waals surface area contributed by atoms with Gasteiger partial charge in [-0.3, -0.25) is 4.79 Å². The lowest BCUT2D eigenvalue weighted by atomic mass is 10.2. The molecule has 3 rings (SSSR count). The van der Waals surface area contributed by atoms with Gasteiger partial charge in [-0.25, -0.2) is 13.2 Å². The number of halogens is 1. The number of methoxy groups -OCH3 is 1. The first-order chi connectivity index (χ1) is 15.2. The lowest BCUT2D eigenvalue weighted by Crippen LogP contribution is -2.40.